The number of halogens is 1. The van der Waals surface area contributed by atoms with E-state index < -0.39 is 16.0 Å². The van der Waals surface area contributed by atoms with Crippen LogP contribution in [0, 0.1) is 0 Å². The number of carbonyl (C=O) groups excluding carboxylic acids is 1. The van der Waals surface area contributed by atoms with Crippen LogP contribution in [-0.4, -0.2) is 52.0 Å². The molecular formula is C15H23ClN2O5S. The predicted octanol–water partition coefficient (Wildman–Crippen LogP) is 1.41. The summed E-state index contributed by atoms with van der Waals surface area (Å²) >= 11 is 0. The lowest BCUT2D eigenvalue weighted by Crippen LogP contribution is -2.47. The normalized spacial score (nSPS) is 18.5. The van der Waals surface area contributed by atoms with E-state index in [-0.39, 0.29) is 41.2 Å². The largest absolute Gasteiger partial charge is 0.495 e. The summed E-state index contributed by atoms with van der Waals surface area (Å²) in [4.78, 5) is 11.6. The van der Waals surface area contributed by atoms with Crippen molar-refractivity contribution in [2.75, 3.05) is 27.3 Å². The van der Waals surface area contributed by atoms with Gasteiger partial charge in [-0.15, -0.1) is 12.4 Å². The van der Waals surface area contributed by atoms with E-state index >= 15 is 0 Å². The monoisotopic (exact) mass is 378 g/mol. The Bertz CT molecular complexity index is 680. The number of esters is 1. The molecule has 7 nitrogen and oxygen atoms in total. The molecule has 0 spiro atoms. The van der Waals surface area contributed by atoms with E-state index in [1.165, 1.54) is 36.7 Å². The second-order valence-electron chi connectivity index (χ2n) is 5.36. The molecule has 0 bridgehead atoms. The van der Waals surface area contributed by atoms with Crippen LogP contribution in [0.4, 0.5) is 0 Å². The number of nitrogens with zero attached hydrogens (tertiary/aromatic N) is 1. The quantitative estimate of drug-likeness (QED) is 0.777. The van der Waals surface area contributed by atoms with Gasteiger partial charge in [-0.05, 0) is 31.0 Å². The van der Waals surface area contributed by atoms with E-state index in [1.807, 2.05) is 0 Å². The molecule has 1 fully saturated rings. The van der Waals surface area contributed by atoms with Gasteiger partial charge in [0.15, 0.2) is 0 Å². The van der Waals surface area contributed by atoms with E-state index in [0.717, 1.165) is 19.3 Å². The number of piperidine rings is 1. The zero-order valence-electron chi connectivity index (χ0n) is 13.7. The molecule has 1 aliphatic rings. The Labute approximate surface area is 148 Å². The molecule has 0 saturated carbocycles. The van der Waals surface area contributed by atoms with Crippen LogP contribution in [0.15, 0.2) is 23.1 Å². The second kappa shape index (κ2) is 8.66. The third-order valence-corrected chi connectivity index (χ3v) is 6.01. The van der Waals surface area contributed by atoms with Gasteiger partial charge in [-0.2, -0.15) is 4.31 Å². The van der Waals surface area contributed by atoms with Crippen LogP contribution in [-0.2, 0) is 14.8 Å². The highest BCUT2D eigenvalue weighted by Gasteiger charge is 2.34. The Balaban J connectivity index is 0.00000288. The smallest absolute Gasteiger partial charge is 0.337 e. The summed E-state index contributed by atoms with van der Waals surface area (Å²) in [6.45, 7) is 0.716. The van der Waals surface area contributed by atoms with Crippen molar-refractivity contribution in [2.24, 2.45) is 5.73 Å². The van der Waals surface area contributed by atoms with Gasteiger partial charge in [0.2, 0.25) is 10.0 Å². The Morgan fingerprint density at radius 1 is 1.33 bits per heavy atom. The molecule has 9 heteroatoms. The first kappa shape index (κ1) is 20.7. The minimum absolute atomic E-state index is 0. The van der Waals surface area contributed by atoms with Crippen molar-refractivity contribution in [3.8, 4) is 5.75 Å². The zero-order chi connectivity index (χ0) is 17.0. The molecular weight excluding hydrogens is 356 g/mol. The lowest BCUT2D eigenvalue weighted by Gasteiger charge is -2.34. The molecule has 24 heavy (non-hydrogen) atoms. The van der Waals surface area contributed by atoms with Crippen molar-refractivity contribution in [2.45, 2.75) is 30.2 Å². The third kappa shape index (κ3) is 4.00. The lowest BCUT2D eigenvalue weighted by molar-refractivity contribution is 0.0600. The molecule has 1 heterocycles. The van der Waals surface area contributed by atoms with Crippen molar-refractivity contribution in [3.63, 3.8) is 0 Å². The fourth-order valence-electron chi connectivity index (χ4n) is 2.78. The summed E-state index contributed by atoms with van der Waals surface area (Å²) < 4.78 is 37.2. The van der Waals surface area contributed by atoms with Crippen molar-refractivity contribution in [3.05, 3.63) is 23.8 Å². The minimum Gasteiger partial charge on any atom is -0.495 e. The second-order valence-corrected chi connectivity index (χ2v) is 7.22. The first-order valence-electron chi connectivity index (χ1n) is 7.44. The molecule has 0 amide bonds. The highest BCUT2D eigenvalue weighted by atomic mass is 35.5. The van der Waals surface area contributed by atoms with E-state index in [9.17, 15) is 13.2 Å². The van der Waals surface area contributed by atoms with Crippen LogP contribution in [0.2, 0.25) is 0 Å². The standard InChI is InChI=1S/C15H22N2O5S.ClH/c1-21-13-9-11(15(18)22-2)6-7-14(13)23(19,20)17-8-4-3-5-12(17)10-16;/h6-7,9,12H,3-5,8,10,16H2,1-2H3;1H. The first-order valence-corrected chi connectivity index (χ1v) is 8.88. The summed E-state index contributed by atoms with van der Waals surface area (Å²) in [5, 5.41) is 0. The summed E-state index contributed by atoms with van der Waals surface area (Å²) in [5.41, 5.74) is 5.96. The Kier molecular flexibility index (Phi) is 7.47. The van der Waals surface area contributed by atoms with Crippen LogP contribution in [0.1, 0.15) is 29.6 Å². The number of carbonyl (C=O) groups is 1. The van der Waals surface area contributed by atoms with Crippen LogP contribution in [0.5, 0.6) is 5.75 Å². The van der Waals surface area contributed by atoms with Gasteiger partial charge in [0.1, 0.15) is 10.6 Å². The van der Waals surface area contributed by atoms with Crippen molar-refractivity contribution >= 4 is 28.4 Å². The van der Waals surface area contributed by atoms with Gasteiger partial charge >= 0.3 is 5.97 Å². The molecule has 1 aliphatic heterocycles. The first-order chi connectivity index (χ1) is 11.0. The van der Waals surface area contributed by atoms with Crippen LogP contribution in [0.25, 0.3) is 0 Å². The topological polar surface area (TPSA) is 98.9 Å². The van der Waals surface area contributed by atoms with E-state index in [0.29, 0.717) is 6.54 Å². The highest BCUT2D eigenvalue weighted by Crippen LogP contribution is 2.31. The van der Waals surface area contributed by atoms with Gasteiger partial charge in [-0.25, -0.2) is 13.2 Å². The molecule has 0 radical (unpaired) electrons. The molecule has 2 rings (SSSR count). The molecule has 1 unspecified atom stereocenters. The Morgan fingerprint density at radius 3 is 2.62 bits per heavy atom. The molecule has 1 aromatic rings. The van der Waals surface area contributed by atoms with Gasteiger partial charge in [0.05, 0.1) is 19.8 Å². The maximum absolute atomic E-state index is 13.0. The van der Waals surface area contributed by atoms with Crippen LogP contribution in [0.3, 0.4) is 0 Å². The molecule has 2 N–H and O–H groups in total. The highest BCUT2D eigenvalue weighted by molar-refractivity contribution is 7.89. The number of hydrogen-bond donors (Lipinski definition) is 1. The van der Waals surface area contributed by atoms with Crippen molar-refractivity contribution in [1.29, 1.82) is 0 Å². The van der Waals surface area contributed by atoms with Gasteiger partial charge in [0.25, 0.3) is 0 Å². The third-order valence-electron chi connectivity index (χ3n) is 4.02. The summed E-state index contributed by atoms with van der Waals surface area (Å²) in [7, 11) is -1.11. The van der Waals surface area contributed by atoms with E-state index in [4.69, 9.17) is 10.5 Å². The van der Waals surface area contributed by atoms with E-state index in [1.54, 1.807) is 0 Å². The maximum Gasteiger partial charge on any atom is 0.337 e. The van der Waals surface area contributed by atoms with Crippen LogP contribution >= 0.6 is 12.4 Å². The molecule has 136 valence electrons. The minimum atomic E-state index is -3.74. The van der Waals surface area contributed by atoms with Crippen molar-refractivity contribution in [1.82, 2.24) is 4.31 Å². The predicted molar refractivity (Wildman–Crippen MR) is 92.2 cm³/mol. The molecule has 1 aromatic carbocycles. The fraction of sp³-hybridized carbons (Fsp3) is 0.533. The SMILES string of the molecule is COC(=O)c1ccc(S(=O)(=O)N2CCCCC2CN)c(OC)c1.Cl. The number of nitrogens with two attached hydrogens (primary N) is 1. The van der Waals surface area contributed by atoms with Crippen LogP contribution < -0.4 is 10.5 Å². The number of rotatable bonds is 5. The summed E-state index contributed by atoms with van der Waals surface area (Å²) in [6, 6.07) is 3.96. The average molecular weight is 379 g/mol. The van der Waals surface area contributed by atoms with Gasteiger partial charge in [-0.1, -0.05) is 6.42 Å². The summed E-state index contributed by atoms with van der Waals surface area (Å²) in [5.74, 6) is -0.431. The number of methoxy groups -OCH3 is 2. The molecule has 0 aromatic heterocycles. The number of ether oxygens (including phenoxy) is 2. The zero-order valence-corrected chi connectivity index (χ0v) is 15.4. The van der Waals surface area contributed by atoms with Gasteiger partial charge in [-0.3, -0.25) is 0 Å². The Hall–Kier alpha value is -1.35. The maximum atomic E-state index is 13.0. The number of hydrogen-bond acceptors (Lipinski definition) is 6. The lowest BCUT2D eigenvalue weighted by atomic mass is 10.1. The van der Waals surface area contributed by atoms with E-state index in [2.05, 4.69) is 4.74 Å². The Morgan fingerprint density at radius 2 is 2.04 bits per heavy atom. The summed E-state index contributed by atoms with van der Waals surface area (Å²) in [6.07, 6.45) is 2.52. The molecule has 0 aliphatic carbocycles. The fourth-order valence-corrected chi connectivity index (χ4v) is 4.62. The molecule has 1 atom stereocenters. The number of benzene rings is 1. The van der Waals surface area contributed by atoms with Crippen molar-refractivity contribution < 1.29 is 22.7 Å². The molecule has 1 saturated heterocycles. The number of sulfonamides is 1. The van der Waals surface area contributed by atoms with Gasteiger partial charge in [0, 0.05) is 19.1 Å². The average Bonchev–Trinajstić information content (AvgIpc) is 2.60. The van der Waals surface area contributed by atoms with Gasteiger partial charge < -0.3 is 15.2 Å².